The van der Waals surface area contributed by atoms with Crippen molar-refractivity contribution in [3.63, 3.8) is 0 Å². The molecule has 0 spiro atoms. The fourth-order valence-corrected chi connectivity index (χ4v) is 4.32. The highest BCUT2D eigenvalue weighted by molar-refractivity contribution is 5.99. The molecule has 5 nitrogen and oxygen atoms in total. The summed E-state index contributed by atoms with van der Waals surface area (Å²) in [7, 11) is 0. The van der Waals surface area contributed by atoms with Crippen LogP contribution in [0.15, 0.2) is 78.9 Å². The van der Waals surface area contributed by atoms with E-state index in [1.54, 1.807) is 36.1 Å². The molecule has 0 aromatic heterocycles. The average molecular weight is 447 g/mol. The number of anilines is 1. The summed E-state index contributed by atoms with van der Waals surface area (Å²) >= 11 is 0. The topological polar surface area (TPSA) is 58.6 Å². The molecule has 1 heterocycles. The number of hydrogen-bond donors (Lipinski definition) is 1. The average Bonchev–Trinajstić information content (AvgIpc) is 2.83. The lowest BCUT2D eigenvalue weighted by Crippen LogP contribution is -2.50. The molecule has 0 aliphatic carbocycles. The van der Waals surface area contributed by atoms with Crippen molar-refractivity contribution in [2.45, 2.75) is 31.8 Å². The van der Waals surface area contributed by atoms with Crippen LogP contribution in [0, 0.1) is 5.82 Å². The van der Waals surface area contributed by atoms with Crippen LogP contribution in [0.3, 0.4) is 0 Å². The van der Waals surface area contributed by atoms with Crippen molar-refractivity contribution in [1.29, 1.82) is 0 Å². The van der Waals surface area contributed by atoms with E-state index < -0.39 is 5.41 Å². The van der Waals surface area contributed by atoms with Crippen LogP contribution >= 0.6 is 0 Å². The third kappa shape index (κ3) is 5.22. The van der Waals surface area contributed by atoms with E-state index in [1.807, 2.05) is 42.5 Å². The Kier molecular flexibility index (Phi) is 6.73. The number of nitrogens with one attached hydrogen (secondary N) is 1. The number of hydrogen-bond acceptors (Lipinski definition) is 3. The Hall–Kier alpha value is -3.67. The van der Waals surface area contributed by atoms with Crippen molar-refractivity contribution in [1.82, 2.24) is 4.90 Å². The van der Waals surface area contributed by atoms with E-state index >= 15 is 0 Å². The molecule has 1 aliphatic heterocycles. The van der Waals surface area contributed by atoms with Crippen LogP contribution in [-0.2, 0) is 21.6 Å². The van der Waals surface area contributed by atoms with Crippen LogP contribution in [0.5, 0.6) is 5.75 Å². The Morgan fingerprint density at radius 3 is 2.39 bits per heavy atom. The molecule has 1 fully saturated rings. The number of amides is 2. The minimum absolute atomic E-state index is 0.0280. The van der Waals surface area contributed by atoms with Gasteiger partial charge in [0.05, 0.1) is 5.41 Å². The van der Waals surface area contributed by atoms with E-state index in [1.165, 1.54) is 12.1 Å². The van der Waals surface area contributed by atoms with Crippen molar-refractivity contribution in [2.75, 3.05) is 18.4 Å². The predicted octanol–water partition coefficient (Wildman–Crippen LogP) is 4.92. The second-order valence-corrected chi connectivity index (χ2v) is 8.35. The van der Waals surface area contributed by atoms with Gasteiger partial charge in [-0.15, -0.1) is 0 Å². The predicted molar refractivity (Wildman–Crippen MR) is 125 cm³/mol. The van der Waals surface area contributed by atoms with Gasteiger partial charge >= 0.3 is 0 Å². The number of ether oxygens (including phenoxy) is 1. The molecule has 0 saturated carbocycles. The normalized spacial score (nSPS) is 15.0. The Bertz CT molecular complexity index is 1120. The maximum absolute atomic E-state index is 13.6. The van der Waals surface area contributed by atoms with Gasteiger partial charge < -0.3 is 15.0 Å². The first-order chi connectivity index (χ1) is 16.0. The summed E-state index contributed by atoms with van der Waals surface area (Å²) in [5, 5.41) is 3.06. The van der Waals surface area contributed by atoms with Crippen molar-refractivity contribution in [3.8, 4) is 5.75 Å². The molecule has 0 unspecified atom stereocenters. The minimum Gasteiger partial charge on any atom is -0.489 e. The maximum Gasteiger partial charge on any atom is 0.235 e. The quantitative estimate of drug-likeness (QED) is 0.585. The molecule has 1 saturated heterocycles. The van der Waals surface area contributed by atoms with Crippen LogP contribution in [0.2, 0.25) is 0 Å². The van der Waals surface area contributed by atoms with Gasteiger partial charge in [-0.05, 0) is 48.2 Å². The molecule has 0 bridgehead atoms. The molecule has 4 rings (SSSR count). The number of carbonyl (C=O) groups excluding carboxylic acids is 2. The van der Waals surface area contributed by atoms with Crippen molar-refractivity contribution in [2.24, 2.45) is 0 Å². The second kappa shape index (κ2) is 9.86. The van der Waals surface area contributed by atoms with Gasteiger partial charge in [-0.25, -0.2) is 4.39 Å². The van der Waals surface area contributed by atoms with Gasteiger partial charge in [0.15, 0.2) is 0 Å². The van der Waals surface area contributed by atoms with Crippen LogP contribution < -0.4 is 10.1 Å². The van der Waals surface area contributed by atoms with Crippen LogP contribution in [0.1, 0.15) is 30.9 Å². The van der Waals surface area contributed by atoms with Gasteiger partial charge in [-0.2, -0.15) is 0 Å². The van der Waals surface area contributed by atoms with Gasteiger partial charge in [0, 0.05) is 31.8 Å². The summed E-state index contributed by atoms with van der Waals surface area (Å²) in [4.78, 5) is 27.2. The monoisotopic (exact) mass is 446 g/mol. The number of piperidine rings is 1. The van der Waals surface area contributed by atoms with E-state index in [0.29, 0.717) is 37.4 Å². The second-order valence-electron chi connectivity index (χ2n) is 8.35. The fraction of sp³-hybridized carbons (Fsp3) is 0.259. The molecular formula is C27H27FN2O3. The SMILES string of the molecule is CC(=O)N1CCC(C(=O)Nc2cccc(OCc3cccc(F)c3)c2)(c2ccccc2)CC1. The van der Waals surface area contributed by atoms with E-state index in [4.69, 9.17) is 4.74 Å². The van der Waals surface area contributed by atoms with Crippen LogP contribution in [0.4, 0.5) is 10.1 Å². The summed E-state index contributed by atoms with van der Waals surface area (Å²) in [5.41, 5.74) is 1.58. The Morgan fingerprint density at radius 1 is 0.970 bits per heavy atom. The number of halogens is 1. The van der Waals surface area contributed by atoms with Gasteiger partial charge in [-0.3, -0.25) is 9.59 Å². The number of carbonyl (C=O) groups is 2. The number of benzene rings is 3. The smallest absolute Gasteiger partial charge is 0.235 e. The molecule has 0 radical (unpaired) electrons. The number of likely N-dealkylation sites (tertiary alicyclic amines) is 1. The van der Waals surface area contributed by atoms with Crippen LogP contribution in [-0.4, -0.2) is 29.8 Å². The van der Waals surface area contributed by atoms with E-state index in [0.717, 1.165) is 11.1 Å². The fourth-order valence-electron chi connectivity index (χ4n) is 4.32. The molecule has 6 heteroatoms. The zero-order valence-corrected chi connectivity index (χ0v) is 18.6. The van der Waals surface area contributed by atoms with E-state index in [9.17, 15) is 14.0 Å². The largest absolute Gasteiger partial charge is 0.489 e. The molecule has 1 aliphatic rings. The van der Waals surface area contributed by atoms with Gasteiger partial charge in [0.2, 0.25) is 11.8 Å². The highest BCUT2D eigenvalue weighted by atomic mass is 19.1. The lowest BCUT2D eigenvalue weighted by molar-refractivity contribution is -0.133. The standard InChI is InChI=1S/C27H27FN2O3/c1-20(31)30-15-13-27(14-16-30,22-8-3-2-4-9-22)26(32)29-24-11-6-12-25(18-24)33-19-21-7-5-10-23(28)17-21/h2-12,17-18H,13-16,19H2,1H3,(H,29,32). The van der Waals surface area contributed by atoms with E-state index in [-0.39, 0.29) is 24.2 Å². The van der Waals surface area contributed by atoms with Crippen molar-refractivity contribution in [3.05, 3.63) is 95.8 Å². The summed E-state index contributed by atoms with van der Waals surface area (Å²) in [5.74, 6) is 0.204. The third-order valence-electron chi connectivity index (χ3n) is 6.21. The summed E-state index contributed by atoms with van der Waals surface area (Å²) in [6.45, 7) is 2.86. The zero-order valence-electron chi connectivity index (χ0n) is 18.6. The first-order valence-electron chi connectivity index (χ1n) is 11.1. The highest BCUT2D eigenvalue weighted by Gasteiger charge is 2.43. The summed E-state index contributed by atoms with van der Waals surface area (Å²) in [6, 6.07) is 23.2. The molecule has 2 amide bonds. The Balaban J connectivity index is 1.50. The van der Waals surface area contributed by atoms with Gasteiger partial charge in [0.25, 0.3) is 0 Å². The lowest BCUT2D eigenvalue weighted by atomic mass is 9.72. The molecule has 3 aromatic carbocycles. The molecule has 0 atom stereocenters. The van der Waals surface area contributed by atoms with Crippen LogP contribution in [0.25, 0.3) is 0 Å². The highest BCUT2D eigenvalue weighted by Crippen LogP contribution is 2.37. The maximum atomic E-state index is 13.6. The third-order valence-corrected chi connectivity index (χ3v) is 6.21. The van der Waals surface area contributed by atoms with Crippen molar-refractivity contribution < 1.29 is 18.7 Å². The lowest BCUT2D eigenvalue weighted by Gasteiger charge is -2.40. The van der Waals surface area contributed by atoms with E-state index in [2.05, 4.69) is 5.32 Å². The molecule has 33 heavy (non-hydrogen) atoms. The number of rotatable bonds is 6. The molecule has 170 valence electrons. The first-order valence-corrected chi connectivity index (χ1v) is 11.1. The Morgan fingerprint density at radius 2 is 1.70 bits per heavy atom. The molecule has 1 N–H and O–H groups in total. The first kappa shape index (κ1) is 22.5. The zero-order chi connectivity index (χ0) is 23.3. The Labute approximate surface area is 193 Å². The molecular weight excluding hydrogens is 419 g/mol. The number of nitrogens with zero attached hydrogens (tertiary/aromatic N) is 1. The molecule has 3 aromatic rings. The van der Waals surface area contributed by atoms with Crippen molar-refractivity contribution >= 4 is 17.5 Å². The summed E-state index contributed by atoms with van der Waals surface area (Å²) < 4.78 is 19.2. The summed E-state index contributed by atoms with van der Waals surface area (Å²) in [6.07, 6.45) is 1.11. The minimum atomic E-state index is -0.717. The van der Waals surface area contributed by atoms with Gasteiger partial charge in [-0.1, -0.05) is 48.5 Å². The van der Waals surface area contributed by atoms with Gasteiger partial charge in [0.1, 0.15) is 18.2 Å².